The molecule has 1 fully saturated rings. The van der Waals surface area contributed by atoms with E-state index in [1.807, 2.05) is 0 Å². The molecule has 174 valence electrons. The van der Waals surface area contributed by atoms with Gasteiger partial charge in [-0.05, 0) is 55.0 Å². The molecule has 2 nitrogen and oxygen atoms in total. The molecule has 0 aromatic heterocycles. The van der Waals surface area contributed by atoms with E-state index < -0.39 is 23.8 Å². The Bertz CT molecular complexity index is 888. The second kappa shape index (κ2) is 10.9. The maximum Gasteiger partial charge on any atom is 0.573 e. The zero-order chi connectivity index (χ0) is 23.1. The van der Waals surface area contributed by atoms with Crippen LogP contribution < -0.4 is 4.74 Å². The molecule has 0 saturated carbocycles. The molecule has 0 radical (unpaired) electrons. The molecule has 3 rings (SSSR count). The Kier molecular flexibility index (Phi) is 8.29. The highest BCUT2D eigenvalue weighted by Gasteiger charge is 2.31. The van der Waals surface area contributed by atoms with Crippen molar-refractivity contribution in [2.75, 3.05) is 6.61 Å². The molecule has 32 heavy (non-hydrogen) atoms. The van der Waals surface area contributed by atoms with E-state index in [4.69, 9.17) is 4.74 Å². The Balaban J connectivity index is 1.73. The normalized spacial score (nSPS) is 20.1. The van der Waals surface area contributed by atoms with Crippen LogP contribution in [0.2, 0.25) is 0 Å². The van der Waals surface area contributed by atoms with Gasteiger partial charge in [-0.1, -0.05) is 50.5 Å². The predicted octanol–water partition coefficient (Wildman–Crippen LogP) is 8.40. The number of rotatable bonds is 8. The van der Waals surface area contributed by atoms with Gasteiger partial charge in [0.25, 0.3) is 0 Å². The van der Waals surface area contributed by atoms with Gasteiger partial charge in [-0.15, -0.1) is 13.2 Å². The third-order valence-electron chi connectivity index (χ3n) is 5.65. The first-order chi connectivity index (χ1) is 15.3. The molecule has 1 heterocycles. The fourth-order valence-electron chi connectivity index (χ4n) is 4.04. The van der Waals surface area contributed by atoms with Crippen molar-refractivity contribution in [2.45, 2.75) is 57.9 Å². The van der Waals surface area contributed by atoms with Crippen molar-refractivity contribution >= 4 is 11.7 Å². The van der Waals surface area contributed by atoms with E-state index in [0.717, 1.165) is 61.9 Å². The number of hydrogen-bond acceptors (Lipinski definition) is 2. The summed E-state index contributed by atoms with van der Waals surface area (Å²) in [6.45, 7) is 2.85. The summed E-state index contributed by atoms with van der Waals surface area (Å²) < 4.78 is 75.8. The summed E-state index contributed by atoms with van der Waals surface area (Å²) in [5, 5.41) is 0. The molecule has 1 saturated heterocycles. The first kappa shape index (κ1) is 24.2. The van der Waals surface area contributed by atoms with E-state index in [1.165, 1.54) is 18.6 Å². The van der Waals surface area contributed by atoms with Gasteiger partial charge in [0.05, 0.1) is 6.10 Å². The molecule has 0 N–H and O–H groups in total. The largest absolute Gasteiger partial charge is 0.573 e. The smallest absolute Gasteiger partial charge is 0.406 e. The van der Waals surface area contributed by atoms with Crippen molar-refractivity contribution in [1.29, 1.82) is 0 Å². The van der Waals surface area contributed by atoms with E-state index in [0.29, 0.717) is 12.5 Å². The van der Waals surface area contributed by atoms with E-state index in [-0.39, 0.29) is 17.2 Å². The van der Waals surface area contributed by atoms with Crippen LogP contribution >= 0.6 is 0 Å². The molecule has 1 aliphatic rings. The molecule has 0 bridgehead atoms. The molecule has 0 aliphatic carbocycles. The van der Waals surface area contributed by atoms with E-state index in [1.54, 1.807) is 12.1 Å². The Morgan fingerprint density at radius 1 is 0.938 bits per heavy atom. The van der Waals surface area contributed by atoms with Crippen molar-refractivity contribution < 1.29 is 31.4 Å². The van der Waals surface area contributed by atoms with Gasteiger partial charge in [0.2, 0.25) is 0 Å². The van der Waals surface area contributed by atoms with Gasteiger partial charge in [-0.2, -0.15) is 0 Å². The monoisotopic (exact) mass is 454 g/mol. The lowest BCUT2D eigenvalue weighted by Gasteiger charge is -2.32. The number of unbranched alkanes of at least 4 members (excludes halogenated alkanes) is 2. The first-order valence-electron chi connectivity index (χ1n) is 10.9. The fourth-order valence-corrected chi connectivity index (χ4v) is 4.04. The third kappa shape index (κ3) is 6.55. The number of ether oxygens (including phenoxy) is 2. The van der Waals surface area contributed by atoms with Gasteiger partial charge in [-0.25, -0.2) is 8.78 Å². The molecule has 2 aromatic rings. The van der Waals surface area contributed by atoms with Crippen LogP contribution in [0, 0.1) is 5.92 Å². The summed E-state index contributed by atoms with van der Waals surface area (Å²) in [5.74, 6) is -2.32. The van der Waals surface area contributed by atoms with Gasteiger partial charge in [-0.3, -0.25) is 0 Å². The van der Waals surface area contributed by atoms with Crippen molar-refractivity contribution in [3.8, 4) is 5.75 Å². The van der Waals surface area contributed by atoms with Crippen LogP contribution in [0.4, 0.5) is 22.0 Å². The zero-order valence-electron chi connectivity index (χ0n) is 17.9. The van der Waals surface area contributed by atoms with Crippen molar-refractivity contribution in [3.05, 3.63) is 65.2 Å². The number of alkyl halides is 3. The lowest BCUT2D eigenvalue weighted by atomic mass is 9.85. The number of halogens is 5. The summed E-state index contributed by atoms with van der Waals surface area (Å²) in [7, 11) is 0. The molecule has 2 aromatic carbocycles. The molecule has 2 unspecified atom stereocenters. The van der Waals surface area contributed by atoms with Crippen LogP contribution in [-0.2, 0) is 4.74 Å². The average Bonchev–Trinajstić information content (AvgIpc) is 2.78. The SMILES string of the molecule is CCCCCC1CCCOC1c1ccc(/C(F)=C(\F)c2ccc(OC(F)(F)F)cc2)cc1. The highest BCUT2D eigenvalue weighted by molar-refractivity contribution is 5.83. The Labute approximate surface area is 185 Å². The standard InChI is InChI=1S/C25H27F5O2/c1-2-3-4-6-19-7-5-16-31-24(19)20-10-8-17(9-11-20)22(26)23(27)18-12-14-21(15-13-18)32-25(28,29)30/h8-15,19,24H,2-7,16H2,1H3/b23-22+. The Morgan fingerprint density at radius 2 is 1.53 bits per heavy atom. The summed E-state index contributed by atoms with van der Waals surface area (Å²) in [5.41, 5.74) is 0.824. The van der Waals surface area contributed by atoms with Crippen molar-refractivity contribution in [1.82, 2.24) is 0 Å². The zero-order valence-corrected chi connectivity index (χ0v) is 17.9. The van der Waals surface area contributed by atoms with Gasteiger partial charge < -0.3 is 9.47 Å². The van der Waals surface area contributed by atoms with Gasteiger partial charge in [0.15, 0.2) is 11.7 Å². The number of hydrogen-bond donors (Lipinski definition) is 0. The van der Waals surface area contributed by atoms with Crippen molar-refractivity contribution in [3.63, 3.8) is 0 Å². The molecule has 7 heteroatoms. The van der Waals surface area contributed by atoms with Gasteiger partial charge in [0, 0.05) is 17.7 Å². The van der Waals surface area contributed by atoms with Crippen LogP contribution in [0.15, 0.2) is 48.5 Å². The minimum Gasteiger partial charge on any atom is -0.406 e. The van der Waals surface area contributed by atoms with Gasteiger partial charge >= 0.3 is 6.36 Å². The van der Waals surface area contributed by atoms with Crippen LogP contribution in [0.3, 0.4) is 0 Å². The Morgan fingerprint density at radius 3 is 2.09 bits per heavy atom. The molecular formula is C25H27F5O2. The lowest BCUT2D eigenvalue weighted by Crippen LogP contribution is -2.22. The van der Waals surface area contributed by atoms with Crippen LogP contribution in [0.25, 0.3) is 11.7 Å². The quantitative estimate of drug-likeness (QED) is 0.226. The van der Waals surface area contributed by atoms with Gasteiger partial charge in [0.1, 0.15) is 5.75 Å². The maximum atomic E-state index is 14.7. The van der Waals surface area contributed by atoms with E-state index >= 15 is 0 Å². The summed E-state index contributed by atoms with van der Waals surface area (Å²) in [6, 6.07) is 10.5. The second-order valence-electron chi connectivity index (χ2n) is 8.01. The minimum absolute atomic E-state index is 0.0484. The molecular weight excluding hydrogens is 427 g/mol. The first-order valence-corrected chi connectivity index (χ1v) is 10.9. The molecule has 0 spiro atoms. The minimum atomic E-state index is -4.85. The Hall–Kier alpha value is -2.41. The average molecular weight is 454 g/mol. The summed E-state index contributed by atoms with van der Waals surface area (Å²) in [6.07, 6.45) is 1.79. The molecule has 0 amide bonds. The van der Waals surface area contributed by atoms with Crippen LogP contribution in [0.1, 0.15) is 68.2 Å². The van der Waals surface area contributed by atoms with Crippen molar-refractivity contribution in [2.24, 2.45) is 5.92 Å². The topological polar surface area (TPSA) is 18.5 Å². The fraction of sp³-hybridized carbons (Fsp3) is 0.440. The molecule has 1 aliphatic heterocycles. The van der Waals surface area contributed by atoms with Crippen LogP contribution in [0.5, 0.6) is 5.75 Å². The van der Waals surface area contributed by atoms with E-state index in [9.17, 15) is 22.0 Å². The lowest BCUT2D eigenvalue weighted by molar-refractivity contribution is -0.274. The summed E-state index contributed by atoms with van der Waals surface area (Å²) >= 11 is 0. The maximum absolute atomic E-state index is 14.7. The summed E-state index contributed by atoms with van der Waals surface area (Å²) in [4.78, 5) is 0. The predicted molar refractivity (Wildman–Crippen MR) is 114 cm³/mol. The highest BCUT2D eigenvalue weighted by Crippen LogP contribution is 2.38. The third-order valence-corrected chi connectivity index (χ3v) is 5.65. The number of benzene rings is 2. The van der Waals surface area contributed by atoms with Crippen LogP contribution in [-0.4, -0.2) is 13.0 Å². The second-order valence-corrected chi connectivity index (χ2v) is 8.01. The van der Waals surface area contributed by atoms with E-state index in [2.05, 4.69) is 11.7 Å². The molecule has 2 atom stereocenters. The highest BCUT2D eigenvalue weighted by atomic mass is 19.4.